The van der Waals surface area contributed by atoms with Crippen LogP contribution in [0.2, 0.25) is 0 Å². The Hall–Kier alpha value is -2.11. The standard InChI is InChI=1S/C24H30N4O2S2/c1-16-18(14-20-23(30)28(24(31)32-20)17-10-6-5-7-11-17)21(26(2)22(29)19(16)15-25)27-12-8-3-4-9-13-27/h14,17H,3-13H2,1-2H3. The third-order valence-corrected chi connectivity index (χ3v) is 8.24. The number of pyridine rings is 1. The van der Waals surface area contributed by atoms with Crippen LogP contribution in [0, 0.1) is 18.3 Å². The molecule has 0 bridgehead atoms. The van der Waals surface area contributed by atoms with E-state index in [9.17, 15) is 14.9 Å². The van der Waals surface area contributed by atoms with E-state index < -0.39 is 0 Å². The Labute approximate surface area is 199 Å². The van der Waals surface area contributed by atoms with Crippen LogP contribution in [-0.4, -0.2) is 38.8 Å². The quantitative estimate of drug-likeness (QED) is 0.479. The molecule has 1 aromatic rings. The number of hydrogen-bond acceptors (Lipinski definition) is 6. The van der Waals surface area contributed by atoms with Gasteiger partial charge in [-0.15, -0.1) is 0 Å². The lowest BCUT2D eigenvalue weighted by Gasteiger charge is -2.30. The third kappa shape index (κ3) is 4.25. The molecule has 0 radical (unpaired) electrons. The van der Waals surface area contributed by atoms with Gasteiger partial charge in [-0.2, -0.15) is 5.26 Å². The van der Waals surface area contributed by atoms with Crippen LogP contribution < -0.4 is 10.5 Å². The van der Waals surface area contributed by atoms with Crippen LogP contribution in [0.3, 0.4) is 0 Å². The number of thiocarbonyl (C=S) groups is 1. The first-order chi connectivity index (χ1) is 15.4. The Balaban J connectivity index is 1.80. The average Bonchev–Trinajstić information content (AvgIpc) is 2.95. The summed E-state index contributed by atoms with van der Waals surface area (Å²) in [7, 11) is 1.73. The van der Waals surface area contributed by atoms with Crippen molar-refractivity contribution in [2.45, 2.75) is 70.8 Å². The van der Waals surface area contributed by atoms with Crippen molar-refractivity contribution in [1.29, 1.82) is 5.26 Å². The molecule has 2 aliphatic heterocycles. The van der Waals surface area contributed by atoms with Gasteiger partial charge in [0.05, 0.1) is 4.91 Å². The lowest BCUT2D eigenvalue weighted by molar-refractivity contribution is -0.124. The lowest BCUT2D eigenvalue weighted by Crippen LogP contribution is -2.39. The van der Waals surface area contributed by atoms with E-state index >= 15 is 0 Å². The predicted molar refractivity (Wildman–Crippen MR) is 134 cm³/mol. The van der Waals surface area contributed by atoms with Crippen LogP contribution in [0.5, 0.6) is 0 Å². The fraction of sp³-hybridized carbons (Fsp3) is 0.583. The highest BCUT2D eigenvalue weighted by molar-refractivity contribution is 8.26. The van der Waals surface area contributed by atoms with Crippen molar-refractivity contribution in [1.82, 2.24) is 9.47 Å². The van der Waals surface area contributed by atoms with Gasteiger partial charge in [-0.1, -0.05) is 56.1 Å². The van der Waals surface area contributed by atoms with Gasteiger partial charge in [-0.25, -0.2) is 0 Å². The Morgan fingerprint density at radius 2 is 1.69 bits per heavy atom. The number of amides is 1. The normalized spacial score (nSPS) is 21.8. The van der Waals surface area contributed by atoms with Crippen LogP contribution in [0.4, 0.5) is 5.82 Å². The fourth-order valence-corrected chi connectivity index (χ4v) is 6.52. The van der Waals surface area contributed by atoms with E-state index in [0.717, 1.165) is 63.0 Å². The summed E-state index contributed by atoms with van der Waals surface area (Å²) in [5, 5.41) is 9.66. The SMILES string of the molecule is Cc1c(C=C2SC(=S)N(C3CCCCC3)C2=O)c(N2CCCCCC2)n(C)c(=O)c1C#N. The van der Waals surface area contributed by atoms with Crippen LogP contribution >= 0.6 is 24.0 Å². The molecule has 1 aliphatic carbocycles. The molecule has 170 valence electrons. The molecule has 32 heavy (non-hydrogen) atoms. The largest absolute Gasteiger partial charge is 0.357 e. The van der Waals surface area contributed by atoms with Gasteiger partial charge in [-0.3, -0.25) is 19.1 Å². The van der Waals surface area contributed by atoms with E-state index in [4.69, 9.17) is 12.2 Å². The summed E-state index contributed by atoms with van der Waals surface area (Å²) in [5.74, 6) is 0.761. The van der Waals surface area contributed by atoms with Crippen molar-refractivity contribution in [2.24, 2.45) is 7.05 Å². The minimum Gasteiger partial charge on any atom is -0.357 e. The highest BCUT2D eigenvalue weighted by atomic mass is 32.2. The molecule has 3 fully saturated rings. The predicted octanol–water partition coefficient (Wildman–Crippen LogP) is 4.48. The van der Waals surface area contributed by atoms with Gasteiger partial charge >= 0.3 is 0 Å². The zero-order chi connectivity index (χ0) is 22.8. The molecule has 0 unspecified atom stereocenters. The number of thioether (sulfide) groups is 1. The number of anilines is 1. The van der Waals surface area contributed by atoms with Crippen molar-refractivity contribution >= 4 is 46.1 Å². The Morgan fingerprint density at radius 3 is 2.31 bits per heavy atom. The van der Waals surface area contributed by atoms with Gasteiger partial charge in [0.2, 0.25) is 0 Å². The number of carbonyl (C=O) groups excluding carboxylic acids is 1. The number of rotatable bonds is 3. The van der Waals surface area contributed by atoms with E-state index in [2.05, 4.69) is 11.0 Å². The van der Waals surface area contributed by atoms with E-state index in [1.165, 1.54) is 31.0 Å². The van der Waals surface area contributed by atoms with Gasteiger partial charge in [0.15, 0.2) is 0 Å². The van der Waals surface area contributed by atoms with Gasteiger partial charge in [0, 0.05) is 31.7 Å². The summed E-state index contributed by atoms with van der Waals surface area (Å²) in [4.78, 5) is 30.9. The molecule has 0 aromatic carbocycles. The van der Waals surface area contributed by atoms with Crippen LogP contribution in [0.25, 0.3) is 6.08 Å². The van der Waals surface area contributed by atoms with Crippen molar-refractivity contribution in [3.05, 3.63) is 31.9 Å². The number of carbonyl (C=O) groups is 1. The zero-order valence-electron chi connectivity index (χ0n) is 18.9. The minimum absolute atomic E-state index is 0.0412. The fourth-order valence-electron chi connectivity index (χ4n) is 5.14. The molecule has 3 aliphatic rings. The summed E-state index contributed by atoms with van der Waals surface area (Å²) in [6.45, 7) is 3.54. The number of hydrogen-bond donors (Lipinski definition) is 0. The molecule has 8 heteroatoms. The molecule has 0 N–H and O–H groups in total. The lowest BCUT2D eigenvalue weighted by atomic mass is 9.94. The summed E-state index contributed by atoms with van der Waals surface area (Å²) < 4.78 is 2.21. The van der Waals surface area contributed by atoms with Crippen molar-refractivity contribution in [3.8, 4) is 6.07 Å². The molecule has 0 spiro atoms. The second-order valence-electron chi connectivity index (χ2n) is 8.96. The Bertz CT molecular complexity index is 1060. The van der Waals surface area contributed by atoms with E-state index in [-0.39, 0.29) is 23.1 Å². The molecule has 1 aromatic heterocycles. The molecule has 6 nitrogen and oxygen atoms in total. The summed E-state index contributed by atoms with van der Waals surface area (Å²) in [6, 6.07) is 2.27. The molecule has 2 saturated heterocycles. The zero-order valence-corrected chi connectivity index (χ0v) is 20.5. The molecule has 0 atom stereocenters. The van der Waals surface area contributed by atoms with E-state index in [0.29, 0.717) is 14.8 Å². The highest BCUT2D eigenvalue weighted by Crippen LogP contribution is 2.39. The second-order valence-corrected chi connectivity index (χ2v) is 10.6. The van der Waals surface area contributed by atoms with Crippen LogP contribution in [0.1, 0.15) is 74.5 Å². The number of aromatic nitrogens is 1. The first-order valence-electron chi connectivity index (χ1n) is 11.6. The molecular weight excluding hydrogens is 440 g/mol. The maximum Gasteiger partial charge on any atom is 0.270 e. The maximum atomic E-state index is 13.4. The van der Waals surface area contributed by atoms with E-state index in [1.54, 1.807) is 16.5 Å². The molecule has 3 heterocycles. The van der Waals surface area contributed by atoms with E-state index in [1.807, 2.05) is 13.0 Å². The highest BCUT2D eigenvalue weighted by Gasteiger charge is 2.38. The van der Waals surface area contributed by atoms with Crippen molar-refractivity contribution in [2.75, 3.05) is 18.0 Å². The molecule has 4 rings (SSSR count). The van der Waals surface area contributed by atoms with Crippen molar-refractivity contribution in [3.63, 3.8) is 0 Å². The Morgan fingerprint density at radius 1 is 1.06 bits per heavy atom. The molecule has 1 amide bonds. The summed E-state index contributed by atoms with van der Waals surface area (Å²) in [5.41, 5.74) is 1.28. The number of nitrogens with zero attached hydrogens (tertiary/aromatic N) is 4. The van der Waals surface area contributed by atoms with Crippen LogP contribution in [0.15, 0.2) is 9.70 Å². The third-order valence-electron chi connectivity index (χ3n) is 6.91. The average molecular weight is 471 g/mol. The Kier molecular flexibility index (Phi) is 7.06. The monoisotopic (exact) mass is 470 g/mol. The first kappa shape index (κ1) is 23.1. The van der Waals surface area contributed by atoms with Gasteiger partial charge in [0.1, 0.15) is 21.8 Å². The number of nitriles is 1. The maximum absolute atomic E-state index is 13.4. The van der Waals surface area contributed by atoms with Gasteiger partial charge in [0.25, 0.3) is 11.5 Å². The van der Waals surface area contributed by atoms with Crippen molar-refractivity contribution < 1.29 is 4.79 Å². The smallest absolute Gasteiger partial charge is 0.270 e. The van der Waals surface area contributed by atoms with Crippen LogP contribution in [-0.2, 0) is 11.8 Å². The molecular formula is C24H30N4O2S2. The first-order valence-corrected chi connectivity index (χ1v) is 12.8. The minimum atomic E-state index is -0.281. The van der Waals surface area contributed by atoms with Gasteiger partial charge in [-0.05, 0) is 44.2 Å². The molecule has 1 saturated carbocycles. The van der Waals surface area contributed by atoms with Gasteiger partial charge < -0.3 is 4.90 Å². The second kappa shape index (κ2) is 9.80. The summed E-state index contributed by atoms with van der Waals surface area (Å²) in [6.07, 6.45) is 11.8. The summed E-state index contributed by atoms with van der Waals surface area (Å²) >= 11 is 6.95. The topological polar surface area (TPSA) is 69.3 Å².